The number of anilines is 2. The maximum absolute atomic E-state index is 13.4. The van der Waals surface area contributed by atoms with Gasteiger partial charge in [-0.3, -0.25) is 9.78 Å². The number of halogens is 1. The average molecular weight is 365 g/mol. The first-order valence-electron chi connectivity index (χ1n) is 8.90. The standard InChI is InChI=1S/C20H20FN5O/c21-15-2-3-16(22)14(9-15)11-19(27)13-1-4-17-18(10-13)24-12-20(25-17)26-7-5-23-6-8-26/h1-4,9-10,12,23H,5-8,11,22H2. The molecule has 0 amide bonds. The van der Waals surface area contributed by atoms with E-state index in [0.717, 1.165) is 37.5 Å². The molecule has 138 valence electrons. The van der Waals surface area contributed by atoms with E-state index in [4.69, 9.17) is 5.73 Å². The van der Waals surface area contributed by atoms with Crippen LogP contribution in [0, 0.1) is 5.82 Å². The zero-order valence-electron chi connectivity index (χ0n) is 14.8. The van der Waals surface area contributed by atoms with Crippen molar-refractivity contribution < 1.29 is 9.18 Å². The van der Waals surface area contributed by atoms with Crippen molar-refractivity contribution in [1.82, 2.24) is 15.3 Å². The number of carbonyl (C=O) groups is 1. The summed E-state index contributed by atoms with van der Waals surface area (Å²) in [6.45, 7) is 3.64. The van der Waals surface area contributed by atoms with E-state index >= 15 is 0 Å². The zero-order chi connectivity index (χ0) is 18.8. The minimum absolute atomic E-state index is 0.0430. The fourth-order valence-corrected chi connectivity index (χ4v) is 3.22. The van der Waals surface area contributed by atoms with E-state index in [1.54, 1.807) is 24.4 Å². The molecule has 0 atom stereocenters. The number of rotatable bonds is 4. The number of carbonyl (C=O) groups excluding carboxylic acids is 1. The second-order valence-electron chi connectivity index (χ2n) is 6.61. The lowest BCUT2D eigenvalue weighted by atomic mass is 10.0. The van der Waals surface area contributed by atoms with Crippen LogP contribution in [0.2, 0.25) is 0 Å². The highest BCUT2D eigenvalue weighted by atomic mass is 19.1. The van der Waals surface area contributed by atoms with Crippen molar-refractivity contribution >= 4 is 28.3 Å². The number of piperazine rings is 1. The number of nitrogen functional groups attached to an aromatic ring is 1. The molecule has 2 aromatic carbocycles. The van der Waals surface area contributed by atoms with Crippen molar-refractivity contribution in [3.8, 4) is 0 Å². The van der Waals surface area contributed by atoms with Crippen LogP contribution in [-0.4, -0.2) is 41.9 Å². The second-order valence-corrected chi connectivity index (χ2v) is 6.61. The lowest BCUT2D eigenvalue weighted by Gasteiger charge is -2.28. The van der Waals surface area contributed by atoms with E-state index in [1.807, 2.05) is 0 Å². The molecule has 0 spiro atoms. The monoisotopic (exact) mass is 365 g/mol. The smallest absolute Gasteiger partial charge is 0.167 e. The highest BCUT2D eigenvalue weighted by molar-refractivity contribution is 6.00. The first kappa shape index (κ1) is 17.4. The van der Waals surface area contributed by atoms with Crippen molar-refractivity contribution in [1.29, 1.82) is 0 Å². The Bertz CT molecular complexity index is 1000. The van der Waals surface area contributed by atoms with Gasteiger partial charge < -0.3 is 16.0 Å². The van der Waals surface area contributed by atoms with E-state index < -0.39 is 5.82 Å². The van der Waals surface area contributed by atoms with Crippen LogP contribution >= 0.6 is 0 Å². The number of fused-ring (bicyclic) bond motifs is 1. The Hall–Kier alpha value is -3.06. The summed E-state index contributed by atoms with van der Waals surface area (Å²) in [5.41, 5.74) is 8.65. The molecule has 6 nitrogen and oxygen atoms in total. The van der Waals surface area contributed by atoms with E-state index in [2.05, 4.69) is 20.2 Å². The van der Waals surface area contributed by atoms with Gasteiger partial charge in [0, 0.05) is 43.9 Å². The highest BCUT2D eigenvalue weighted by Gasteiger charge is 2.14. The molecule has 1 aliphatic heterocycles. The topological polar surface area (TPSA) is 84.1 Å². The van der Waals surface area contributed by atoms with Crippen LogP contribution in [0.1, 0.15) is 15.9 Å². The number of hydrogen-bond donors (Lipinski definition) is 2. The number of aromatic nitrogens is 2. The summed E-state index contributed by atoms with van der Waals surface area (Å²) < 4.78 is 13.4. The Morgan fingerprint density at radius 2 is 1.96 bits per heavy atom. The SMILES string of the molecule is Nc1ccc(F)cc1CC(=O)c1ccc2nc(N3CCNCC3)cnc2c1. The molecule has 1 saturated heterocycles. The second kappa shape index (κ2) is 7.28. The largest absolute Gasteiger partial charge is 0.398 e. The predicted octanol–water partition coefficient (Wildman–Crippen LogP) is 2.19. The van der Waals surface area contributed by atoms with E-state index in [9.17, 15) is 9.18 Å². The van der Waals surface area contributed by atoms with Crippen LogP contribution < -0.4 is 16.0 Å². The third-order valence-electron chi connectivity index (χ3n) is 4.75. The van der Waals surface area contributed by atoms with Crippen LogP contribution in [0.3, 0.4) is 0 Å². The molecule has 3 aromatic rings. The van der Waals surface area contributed by atoms with Gasteiger partial charge in [-0.05, 0) is 42.0 Å². The summed E-state index contributed by atoms with van der Waals surface area (Å²) >= 11 is 0. The van der Waals surface area contributed by atoms with Gasteiger partial charge in [0.25, 0.3) is 0 Å². The molecular formula is C20H20FN5O. The molecule has 0 aliphatic carbocycles. The van der Waals surface area contributed by atoms with Gasteiger partial charge in [0.2, 0.25) is 0 Å². The van der Waals surface area contributed by atoms with Crippen LogP contribution in [0.15, 0.2) is 42.6 Å². The fraction of sp³-hybridized carbons (Fsp3) is 0.250. The van der Waals surface area contributed by atoms with Crippen molar-refractivity contribution in [3.05, 3.63) is 59.5 Å². The van der Waals surface area contributed by atoms with Gasteiger partial charge in [0.1, 0.15) is 11.6 Å². The Kier molecular flexibility index (Phi) is 4.68. The lowest BCUT2D eigenvalue weighted by Crippen LogP contribution is -2.43. The zero-order valence-corrected chi connectivity index (χ0v) is 14.8. The van der Waals surface area contributed by atoms with E-state index in [-0.39, 0.29) is 12.2 Å². The molecule has 0 bridgehead atoms. The van der Waals surface area contributed by atoms with Crippen molar-refractivity contribution in [2.75, 3.05) is 36.8 Å². The molecule has 2 heterocycles. The van der Waals surface area contributed by atoms with Gasteiger partial charge in [-0.25, -0.2) is 9.37 Å². The van der Waals surface area contributed by atoms with Gasteiger partial charge in [0.05, 0.1) is 17.2 Å². The third kappa shape index (κ3) is 3.73. The van der Waals surface area contributed by atoms with Crippen LogP contribution in [0.25, 0.3) is 11.0 Å². The first-order chi connectivity index (χ1) is 13.1. The number of Topliss-reactive ketones (excluding diaryl/α,β-unsaturated/α-hetero) is 1. The number of hydrogen-bond acceptors (Lipinski definition) is 6. The molecule has 0 unspecified atom stereocenters. The number of benzene rings is 2. The van der Waals surface area contributed by atoms with Crippen molar-refractivity contribution in [2.24, 2.45) is 0 Å². The Morgan fingerprint density at radius 1 is 1.15 bits per heavy atom. The molecule has 7 heteroatoms. The number of ketones is 1. The van der Waals surface area contributed by atoms with Crippen molar-refractivity contribution in [2.45, 2.75) is 6.42 Å². The highest BCUT2D eigenvalue weighted by Crippen LogP contribution is 2.20. The summed E-state index contributed by atoms with van der Waals surface area (Å²) in [5.74, 6) is 0.301. The Labute approximate surface area is 156 Å². The summed E-state index contributed by atoms with van der Waals surface area (Å²) in [4.78, 5) is 23.9. The van der Waals surface area contributed by atoms with E-state index in [1.165, 1.54) is 18.2 Å². The number of nitrogens with two attached hydrogens (primary N) is 1. The minimum atomic E-state index is -0.406. The predicted molar refractivity (Wildman–Crippen MR) is 103 cm³/mol. The molecule has 27 heavy (non-hydrogen) atoms. The molecule has 0 radical (unpaired) electrons. The third-order valence-corrected chi connectivity index (χ3v) is 4.75. The van der Waals surface area contributed by atoms with Gasteiger partial charge in [-0.15, -0.1) is 0 Å². The number of nitrogens with one attached hydrogen (secondary N) is 1. The van der Waals surface area contributed by atoms with Gasteiger partial charge in [-0.1, -0.05) is 0 Å². The molecule has 1 fully saturated rings. The molecule has 0 saturated carbocycles. The normalized spacial score (nSPS) is 14.5. The first-order valence-corrected chi connectivity index (χ1v) is 8.90. The quantitative estimate of drug-likeness (QED) is 0.545. The summed E-state index contributed by atoms with van der Waals surface area (Å²) in [7, 11) is 0. The van der Waals surface area contributed by atoms with Gasteiger partial charge in [-0.2, -0.15) is 0 Å². The van der Waals surface area contributed by atoms with Crippen LogP contribution in [-0.2, 0) is 6.42 Å². The summed E-state index contributed by atoms with van der Waals surface area (Å²) in [6, 6.07) is 9.31. The summed E-state index contributed by atoms with van der Waals surface area (Å²) in [6.07, 6.45) is 1.79. The molecule has 1 aliphatic rings. The maximum Gasteiger partial charge on any atom is 0.167 e. The minimum Gasteiger partial charge on any atom is -0.398 e. The Morgan fingerprint density at radius 3 is 2.78 bits per heavy atom. The fourth-order valence-electron chi connectivity index (χ4n) is 3.22. The van der Waals surface area contributed by atoms with Crippen LogP contribution in [0.5, 0.6) is 0 Å². The lowest BCUT2D eigenvalue weighted by molar-refractivity contribution is 0.0993. The molecule has 1 aromatic heterocycles. The molecule has 3 N–H and O–H groups in total. The van der Waals surface area contributed by atoms with Crippen LogP contribution in [0.4, 0.5) is 15.9 Å². The number of nitrogens with zero attached hydrogens (tertiary/aromatic N) is 3. The van der Waals surface area contributed by atoms with Gasteiger partial charge in [0.15, 0.2) is 5.78 Å². The van der Waals surface area contributed by atoms with Gasteiger partial charge >= 0.3 is 0 Å². The van der Waals surface area contributed by atoms with E-state index in [0.29, 0.717) is 22.3 Å². The maximum atomic E-state index is 13.4. The Balaban J connectivity index is 1.57. The molecular weight excluding hydrogens is 345 g/mol. The molecule has 4 rings (SSSR count). The summed E-state index contributed by atoms with van der Waals surface area (Å²) in [5, 5.41) is 3.31. The van der Waals surface area contributed by atoms with Crippen molar-refractivity contribution in [3.63, 3.8) is 0 Å². The average Bonchev–Trinajstić information content (AvgIpc) is 2.70.